The summed E-state index contributed by atoms with van der Waals surface area (Å²) in [6, 6.07) is 6.25. The van der Waals surface area contributed by atoms with Crippen LogP contribution in [-0.4, -0.2) is 56.1 Å². The van der Waals surface area contributed by atoms with E-state index >= 15 is 0 Å². The van der Waals surface area contributed by atoms with E-state index in [1.807, 2.05) is 0 Å². The van der Waals surface area contributed by atoms with Gasteiger partial charge in [-0.2, -0.15) is 0 Å². The summed E-state index contributed by atoms with van der Waals surface area (Å²) in [6.45, 7) is 10.0. The zero-order valence-electron chi connectivity index (χ0n) is 17.7. The lowest BCUT2D eigenvalue weighted by Gasteiger charge is -2.41. The minimum atomic E-state index is -3.74. The van der Waals surface area contributed by atoms with Crippen LogP contribution in [0, 0.1) is 5.41 Å². The van der Waals surface area contributed by atoms with Crippen molar-refractivity contribution in [3.8, 4) is 0 Å². The SMILES string of the molecule is CC1(C)CS(=O)(=O)N(c2cccc(C(=O)NCC(C)(C)N3CCCCC3)c2)C1=O. The van der Waals surface area contributed by atoms with Crippen molar-refractivity contribution in [3.63, 3.8) is 0 Å². The first-order valence-electron chi connectivity index (χ1n) is 10.1. The van der Waals surface area contributed by atoms with Crippen molar-refractivity contribution in [1.29, 1.82) is 0 Å². The number of likely N-dealkylation sites (tertiary alicyclic amines) is 1. The molecule has 0 unspecified atom stereocenters. The van der Waals surface area contributed by atoms with Gasteiger partial charge < -0.3 is 5.32 Å². The molecule has 1 aromatic carbocycles. The molecule has 8 heteroatoms. The van der Waals surface area contributed by atoms with Gasteiger partial charge in [0.15, 0.2) is 0 Å². The molecule has 2 saturated heterocycles. The molecule has 1 aromatic rings. The lowest BCUT2D eigenvalue weighted by molar-refractivity contribution is -0.123. The lowest BCUT2D eigenvalue weighted by Crippen LogP contribution is -2.53. The third-order valence-corrected chi connectivity index (χ3v) is 7.84. The van der Waals surface area contributed by atoms with E-state index in [1.54, 1.807) is 32.0 Å². The van der Waals surface area contributed by atoms with Gasteiger partial charge in [-0.05, 0) is 71.8 Å². The lowest BCUT2D eigenvalue weighted by atomic mass is 9.95. The van der Waals surface area contributed by atoms with E-state index in [4.69, 9.17) is 0 Å². The molecule has 0 aliphatic carbocycles. The van der Waals surface area contributed by atoms with E-state index < -0.39 is 21.3 Å². The Morgan fingerprint density at radius 1 is 1.17 bits per heavy atom. The van der Waals surface area contributed by atoms with Gasteiger partial charge in [-0.25, -0.2) is 12.7 Å². The molecular weight excluding hydrogens is 390 g/mol. The number of sulfonamides is 1. The minimum Gasteiger partial charge on any atom is -0.350 e. The highest BCUT2D eigenvalue weighted by molar-refractivity contribution is 7.94. The monoisotopic (exact) mass is 421 g/mol. The first-order chi connectivity index (χ1) is 13.4. The standard InChI is InChI=1S/C21H31N3O4S/c1-20(2)15-29(27,28)24(19(20)26)17-10-8-9-16(13-17)18(25)22-14-21(3,4)23-11-6-5-7-12-23/h8-10,13H,5-7,11-12,14-15H2,1-4H3,(H,22,25). The number of benzene rings is 1. The van der Waals surface area contributed by atoms with E-state index in [2.05, 4.69) is 24.1 Å². The highest BCUT2D eigenvalue weighted by atomic mass is 32.2. The second-order valence-corrected chi connectivity index (χ2v) is 11.1. The Morgan fingerprint density at radius 3 is 2.41 bits per heavy atom. The number of rotatable bonds is 5. The van der Waals surface area contributed by atoms with Gasteiger partial charge in [-0.15, -0.1) is 0 Å². The van der Waals surface area contributed by atoms with Crippen LogP contribution in [0.15, 0.2) is 24.3 Å². The van der Waals surface area contributed by atoms with E-state index in [0.717, 1.165) is 17.4 Å². The van der Waals surface area contributed by atoms with E-state index in [0.29, 0.717) is 12.1 Å². The van der Waals surface area contributed by atoms with Gasteiger partial charge in [-0.3, -0.25) is 14.5 Å². The first kappa shape index (κ1) is 21.8. The normalized spacial score (nSPS) is 21.9. The molecule has 1 N–H and O–H groups in total. The number of anilines is 1. The first-order valence-corrected chi connectivity index (χ1v) is 11.8. The topological polar surface area (TPSA) is 86.8 Å². The van der Waals surface area contributed by atoms with Crippen LogP contribution in [0.1, 0.15) is 57.3 Å². The Morgan fingerprint density at radius 2 is 1.83 bits per heavy atom. The second-order valence-electron chi connectivity index (χ2n) is 9.30. The van der Waals surface area contributed by atoms with Crippen molar-refractivity contribution in [2.45, 2.75) is 52.5 Å². The molecular formula is C21H31N3O4S. The molecule has 2 heterocycles. The van der Waals surface area contributed by atoms with Gasteiger partial charge in [0.2, 0.25) is 15.9 Å². The summed E-state index contributed by atoms with van der Waals surface area (Å²) < 4.78 is 25.8. The largest absolute Gasteiger partial charge is 0.350 e. The molecule has 0 atom stereocenters. The highest BCUT2D eigenvalue weighted by Gasteiger charge is 2.50. The van der Waals surface area contributed by atoms with Crippen molar-refractivity contribution in [2.24, 2.45) is 5.41 Å². The van der Waals surface area contributed by atoms with Crippen LogP contribution >= 0.6 is 0 Å². The van der Waals surface area contributed by atoms with Gasteiger partial charge in [0.1, 0.15) is 0 Å². The Kier molecular flexibility index (Phi) is 5.80. The van der Waals surface area contributed by atoms with Crippen molar-refractivity contribution in [1.82, 2.24) is 10.2 Å². The predicted molar refractivity (Wildman–Crippen MR) is 113 cm³/mol. The molecule has 3 rings (SSSR count). The van der Waals surface area contributed by atoms with Crippen LogP contribution in [-0.2, 0) is 14.8 Å². The average molecular weight is 422 g/mol. The van der Waals surface area contributed by atoms with Gasteiger partial charge in [0, 0.05) is 17.6 Å². The number of amides is 2. The summed E-state index contributed by atoms with van der Waals surface area (Å²) in [6.07, 6.45) is 3.60. The van der Waals surface area contributed by atoms with Crippen LogP contribution < -0.4 is 9.62 Å². The van der Waals surface area contributed by atoms with Gasteiger partial charge in [0.25, 0.3) is 5.91 Å². The molecule has 2 aliphatic heterocycles. The molecule has 0 spiro atoms. The Balaban J connectivity index is 1.74. The van der Waals surface area contributed by atoms with Crippen LogP contribution in [0.4, 0.5) is 5.69 Å². The molecule has 2 amide bonds. The fraction of sp³-hybridized carbons (Fsp3) is 0.619. The minimum absolute atomic E-state index is 0.161. The summed E-state index contributed by atoms with van der Waals surface area (Å²) in [7, 11) is -3.74. The molecule has 0 saturated carbocycles. The van der Waals surface area contributed by atoms with Crippen molar-refractivity contribution in [2.75, 3.05) is 29.7 Å². The Labute approximate surface area is 173 Å². The van der Waals surface area contributed by atoms with Gasteiger partial charge >= 0.3 is 0 Å². The maximum Gasteiger partial charge on any atom is 0.251 e. The van der Waals surface area contributed by atoms with E-state index in [9.17, 15) is 18.0 Å². The number of nitrogens with zero attached hydrogens (tertiary/aromatic N) is 2. The van der Waals surface area contributed by atoms with Crippen LogP contribution in [0.2, 0.25) is 0 Å². The van der Waals surface area contributed by atoms with Crippen molar-refractivity contribution >= 4 is 27.5 Å². The summed E-state index contributed by atoms with van der Waals surface area (Å²) in [5.41, 5.74) is -0.588. The Bertz CT molecular complexity index is 902. The number of nitrogens with one attached hydrogen (secondary N) is 1. The van der Waals surface area contributed by atoms with Crippen LogP contribution in [0.25, 0.3) is 0 Å². The smallest absolute Gasteiger partial charge is 0.251 e. The number of carbonyl (C=O) groups excluding carboxylic acids is 2. The fourth-order valence-corrected chi connectivity index (χ4v) is 6.14. The molecule has 7 nitrogen and oxygen atoms in total. The van der Waals surface area contributed by atoms with Crippen LogP contribution in [0.3, 0.4) is 0 Å². The third-order valence-electron chi connectivity index (χ3n) is 5.82. The van der Waals surface area contributed by atoms with E-state index in [-0.39, 0.29) is 22.9 Å². The van der Waals surface area contributed by atoms with Crippen molar-refractivity contribution in [3.05, 3.63) is 29.8 Å². The highest BCUT2D eigenvalue weighted by Crippen LogP contribution is 2.35. The van der Waals surface area contributed by atoms with E-state index in [1.165, 1.54) is 25.3 Å². The zero-order valence-corrected chi connectivity index (χ0v) is 18.5. The number of hydrogen-bond donors (Lipinski definition) is 1. The maximum absolute atomic E-state index is 12.7. The second kappa shape index (κ2) is 7.72. The third kappa shape index (κ3) is 4.48. The molecule has 0 aromatic heterocycles. The predicted octanol–water partition coefficient (Wildman–Crippen LogP) is 2.38. The average Bonchev–Trinajstić information content (AvgIpc) is 2.83. The van der Waals surface area contributed by atoms with Crippen molar-refractivity contribution < 1.29 is 18.0 Å². The summed E-state index contributed by atoms with van der Waals surface area (Å²) in [5.74, 6) is -0.985. The molecule has 160 valence electrons. The van der Waals surface area contributed by atoms with Crippen LogP contribution in [0.5, 0.6) is 0 Å². The summed E-state index contributed by atoms with van der Waals surface area (Å²) in [4.78, 5) is 27.7. The summed E-state index contributed by atoms with van der Waals surface area (Å²) >= 11 is 0. The molecule has 2 aliphatic rings. The molecule has 2 fully saturated rings. The number of carbonyl (C=O) groups is 2. The number of piperidine rings is 1. The zero-order chi connectivity index (χ0) is 21.4. The number of hydrogen-bond acceptors (Lipinski definition) is 5. The molecule has 0 bridgehead atoms. The summed E-state index contributed by atoms with van der Waals surface area (Å²) in [5, 5.41) is 2.97. The molecule has 0 radical (unpaired) electrons. The molecule has 29 heavy (non-hydrogen) atoms. The quantitative estimate of drug-likeness (QED) is 0.789. The van der Waals surface area contributed by atoms with Gasteiger partial charge in [0.05, 0.1) is 16.9 Å². The maximum atomic E-state index is 12.7. The fourth-order valence-electron chi connectivity index (χ4n) is 4.04. The Hall–Kier alpha value is -1.93. The van der Waals surface area contributed by atoms with Gasteiger partial charge in [-0.1, -0.05) is 12.5 Å².